The van der Waals surface area contributed by atoms with Gasteiger partial charge in [-0.05, 0) is 30.2 Å². The summed E-state index contributed by atoms with van der Waals surface area (Å²) < 4.78 is 5.44. The first-order valence-electron chi connectivity index (χ1n) is 7.65. The van der Waals surface area contributed by atoms with Gasteiger partial charge >= 0.3 is 0 Å². The number of hydrogen-bond donors (Lipinski definition) is 2. The fourth-order valence-corrected chi connectivity index (χ4v) is 2.99. The number of hydrogen-bond acceptors (Lipinski definition) is 7. The Bertz CT molecular complexity index is 859. The fourth-order valence-electron chi connectivity index (χ4n) is 2.22. The van der Waals surface area contributed by atoms with E-state index in [-0.39, 0.29) is 12.6 Å². The number of rotatable bonds is 7. The number of benzene rings is 1. The predicted molar refractivity (Wildman–Crippen MR) is 98.8 cm³/mol. The molecule has 0 fully saturated rings. The second-order valence-corrected chi connectivity index (χ2v) is 6.08. The van der Waals surface area contributed by atoms with Crippen molar-refractivity contribution in [3.05, 3.63) is 59.4 Å². The van der Waals surface area contributed by atoms with Crippen molar-refractivity contribution in [2.24, 2.45) is 5.73 Å². The quantitative estimate of drug-likeness (QED) is 0.637. The first-order valence-corrected chi connectivity index (χ1v) is 8.53. The highest BCUT2D eigenvalue weighted by molar-refractivity contribution is 7.13. The molecule has 3 rings (SSSR count). The number of thiazole rings is 1. The number of terminal acetylenes is 1. The zero-order chi connectivity index (χ0) is 17.5. The van der Waals surface area contributed by atoms with Crippen molar-refractivity contribution in [1.82, 2.24) is 15.0 Å². The summed E-state index contributed by atoms with van der Waals surface area (Å²) in [6, 6.07) is 9.29. The maximum absolute atomic E-state index is 6.30. The van der Waals surface area contributed by atoms with Crippen LogP contribution >= 0.6 is 11.3 Å². The summed E-state index contributed by atoms with van der Waals surface area (Å²) in [6.45, 7) is 0.248. The Morgan fingerprint density at radius 2 is 2.12 bits per heavy atom. The zero-order valence-corrected chi connectivity index (χ0v) is 14.2. The highest BCUT2D eigenvalue weighted by Crippen LogP contribution is 2.24. The molecule has 0 aliphatic rings. The maximum atomic E-state index is 6.30. The Labute approximate surface area is 150 Å². The van der Waals surface area contributed by atoms with Crippen LogP contribution in [0.3, 0.4) is 0 Å². The van der Waals surface area contributed by atoms with Crippen molar-refractivity contribution in [3.63, 3.8) is 0 Å². The van der Waals surface area contributed by atoms with E-state index in [1.54, 1.807) is 18.5 Å². The van der Waals surface area contributed by atoms with Crippen molar-refractivity contribution in [2.75, 3.05) is 11.9 Å². The largest absolute Gasteiger partial charge is 0.481 e. The van der Waals surface area contributed by atoms with Crippen LogP contribution in [0.15, 0.2) is 48.1 Å². The summed E-state index contributed by atoms with van der Waals surface area (Å²) in [5, 5.41) is 5.72. The summed E-state index contributed by atoms with van der Waals surface area (Å²) in [5.74, 6) is 3.70. The summed E-state index contributed by atoms with van der Waals surface area (Å²) in [5.41, 5.74) is 8.18. The van der Waals surface area contributed by atoms with E-state index in [9.17, 15) is 0 Å². The molecule has 126 valence electrons. The third-order valence-electron chi connectivity index (χ3n) is 3.36. The van der Waals surface area contributed by atoms with Gasteiger partial charge < -0.3 is 15.8 Å². The van der Waals surface area contributed by atoms with Crippen LogP contribution in [0.5, 0.6) is 5.75 Å². The standard InChI is InChI=1S/C18H17N5OS/c1-2-9-24-14-6-3-5-13(10-14)11-15(19)16-12-25-18(22-16)23-17-20-7-4-8-21-17/h1,3-8,10,12,15H,9,11,19H2,(H,20,21,22,23). The van der Waals surface area contributed by atoms with Crippen LogP contribution in [0.2, 0.25) is 0 Å². The van der Waals surface area contributed by atoms with E-state index < -0.39 is 0 Å². The Kier molecular flexibility index (Phi) is 5.57. The van der Waals surface area contributed by atoms with Gasteiger partial charge in [0.05, 0.1) is 11.7 Å². The number of nitrogens with one attached hydrogen (secondary N) is 1. The zero-order valence-electron chi connectivity index (χ0n) is 13.4. The van der Waals surface area contributed by atoms with Crippen molar-refractivity contribution in [1.29, 1.82) is 0 Å². The molecule has 1 unspecified atom stereocenters. The summed E-state index contributed by atoms with van der Waals surface area (Å²) >= 11 is 1.47. The van der Waals surface area contributed by atoms with Crippen LogP contribution in [0.4, 0.5) is 11.1 Å². The first kappa shape index (κ1) is 16.9. The Hall–Kier alpha value is -2.95. The van der Waals surface area contributed by atoms with Gasteiger partial charge in [0.15, 0.2) is 5.13 Å². The molecule has 0 aliphatic carbocycles. The van der Waals surface area contributed by atoms with Gasteiger partial charge in [0, 0.05) is 17.8 Å². The van der Waals surface area contributed by atoms with Crippen LogP contribution in [0.1, 0.15) is 17.3 Å². The molecule has 6 nitrogen and oxygen atoms in total. The van der Waals surface area contributed by atoms with Crippen LogP contribution in [0.25, 0.3) is 0 Å². The van der Waals surface area contributed by atoms with Crippen molar-refractivity contribution < 1.29 is 4.74 Å². The number of nitrogens with zero attached hydrogens (tertiary/aromatic N) is 3. The lowest BCUT2D eigenvalue weighted by Crippen LogP contribution is -2.14. The molecule has 0 saturated heterocycles. The highest BCUT2D eigenvalue weighted by Gasteiger charge is 2.12. The van der Waals surface area contributed by atoms with Gasteiger partial charge in [-0.2, -0.15) is 0 Å². The number of ether oxygens (including phenoxy) is 1. The van der Waals surface area contributed by atoms with Crippen LogP contribution in [-0.2, 0) is 6.42 Å². The monoisotopic (exact) mass is 351 g/mol. The van der Waals surface area contributed by atoms with Gasteiger partial charge in [-0.1, -0.05) is 18.1 Å². The molecule has 3 N–H and O–H groups in total. The molecule has 2 heterocycles. The van der Waals surface area contributed by atoms with Gasteiger partial charge in [0.25, 0.3) is 0 Å². The SMILES string of the molecule is C#CCOc1cccc(CC(N)c2csc(Nc3ncccn3)n2)c1. The Balaban J connectivity index is 1.64. The third-order valence-corrected chi connectivity index (χ3v) is 4.14. The van der Waals surface area contributed by atoms with Crippen molar-refractivity contribution in [2.45, 2.75) is 12.5 Å². The van der Waals surface area contributed by atoms with Gasteiger partial charge in [-0.15, -0.1) is 17.8 Å². The summed E-state index contributed by atoms with van der Waals surface area (Å²) in [7, 11) is 0. The Morgan fingerprint density at radius 1 is 1.28 bits per heavy atom. The normalized spacial score (nSPS) is 11.5. The lowest BCUT2D eigenvalue weighted by molar-refractivity contribution is 0.370. The summed E-state index contributed by atoms with van der Waals surface area (Å²) in [4.78, 5) is 12.7. The van der Waals surface area contributed by atoms with E-state index in [2.05, 4.69) is 26.2 Å². The minimum absolute atomic E-state index is 0.216. The lowest BCUT2D eigenvalue weighted by atomic mass is 10.0. The predicted octanol–water partition coefficient (Wildman–Crippen LogP) is 2.93. The van der Waals surface area contributed by atoms with E-state index in [0.717, 1.165) is 17.0 Å². The average molecular weight is 351 g/mol. The van der Waals surface area contributed by atoms with Crippen LogP contribution in [0, 0.1) is 12.3 Å². The third kappa shape index (κ3) is 4.76. The second-order valence-electron chi connectivity index (χ2n) is 5.23. The summed E-state index contributed by atoms with van der Waals surface area (Å²) in [6.07, 6.45) is 9.21. The molecular weight excluding hydrogens is 334 g/mol. The number of anilines is 2. The van der Waals surface area contributed by atoms with Gasteiger partial charge in [-0.25, -0.2) is 15.0 Å². The van der Waals surface area contributed by atoms with Gasteiger partial charge in [0.2, 0.25) is 5.95 Å². The second kappa shape index (κ2) is 8.24. The smallest absolute Gasteiger partial charge is 0.228 e. The molecule has 1 atom stereocenters. The molecule has 25 heavy (non-hydrogen) atoms. The van der Waals surface area contributed by atoms with Crippen molar-refractivity contribution >= 4 is 22.4 Å². The molecule has 0 radical (unpaired) electrons. The maximum Gasteiger partial charge on any atom is 0.228 e. The Morgan fingerprint density at radius 3 is 2.92 bits per heavy atom. The van der Waals surface area contributed by atoms with Gasteiger partial charge in [-0.3, -0.25) is 0 Å². The molecule has 3 aromatic rings. The minimum atomic E-state index is -0.216. The van der Waals surface area contributed by atoms with Crippen molar-refractivity contribution in [3.8, 4) is 18.1 Å². The molecule has 0 bridgehead atoms. The van der Waals surface area contributed by atoms with E-state index in [0.29, 0.717) is 17.5 Å². The molecule has 0 amide bonds. The van der Waals surface area contributed by atoms with Gasteiger partial charge in [0.1, 0.15) is 12.4 Å². The van der Waals surface area contributed by atoms with Crippen LogP contribution in [-0.4, -0.2) is 21.6 Å². The number of aromatic nitrogens is 3. The molecule has 2 aromatic heterocycles. The molecule has 7 heteroatoms. The van der Waals surface area contributed by atoms with E-state index in [4.69, 9.17) is 16.9 Å². The molecule has 0 spiro atoms. The molecular formula is C18H17N5OS. The fraction of sp³-hybridized carbons (Fsp3) is 0.167. The lowest BCUT2D eigenvalue weighted by Gasteiger charge is -2.10. The molecule has 0 saturated carbocycles. The highest BCUT2D eigenvalue weighted by atomic mass is 32.1. The molecule has 1 aromatic carbocycles. The molecule has 0 aliphatic heterocycles. The first-order chi connectivity index (χ1) is 12.2. The van der Waals surface area contributed by atoms with E-state index in [1.807, 2.05) is 29.6 Å². The average Bonchev–Trinajstić information content (AvgIpc) is 3.10. The topological polar surface area (TPSA) is 86.0 Å². The van der Waals surface area contributed by atoms with E-state index >= 15 is 0 Å². The minimum Gasteiger partial charge on any atom is -0.481 e. The van der Waals surface area contributed by atoms with Crippen LogP contribution < -0.4 is 15.8 Å². The number of nitrogens with two attached hydrogens (primary N) is 1. The van der Waals surface area contributed by atoms with E-state index in [1.165, 1.54) is 11.3 Å².